The highest BCUT2D eigenvalue weighted by Crippen LogP contribution is 2.28. The van der Waals surface area contributed by atoms with E-state index in [1.807, 2.05) is 0 Å². The van der Waals surface area contributed by atoms with Crippen molar-refractivity contribution >= 4 is 21.7 Å². The Morgan fingerprint density at radius 1 is 1.44 bits per heavy atom. The lowest BCUT2D eigenvalue weighted by atomic mass is 10.0. The van der Waals surface area contributed by atoms with Crippen LogP contribution in [0.2, 0.25) is 0 Å². The molecule has 0 aliphatic heterocycles. The van der Waals surface area contributed by atoms with E-state index >= 15 is 0 Å². The van der Waals surface area contributed by atoms with Gasteiger partial charge in [-0.05, 0) is 34.5 Å². The molecule has 4 heteroatoms. The number of phenolic OH excluding ortho intramolecular Hbond substituents is 1. The molecule has 0 unspecified atom stereocenters. The lowest BCUT2D eigenvalue weighted by Crippen LogP contribution is -2.00. The highest BCUT2D eigenvalue weighted by Gasteiger charge is 2.12. The van der Waals surface area contributed by atoms with Gasteiger partial charge in [-0.2, -0.15) is 0 Å². The fourth-order valence-corrected chi connectivity index (χ4v) is 1.84. The maximum Gasteiger partial charge on any atom is 0.166 e. The van der Waals surface area contributed by atoms with E-state index in [0.29, 0.717) is 12.0 Å². The number of aromatic hydroxyl groups is 1. The van der Waals surface area contributed by atoms with Gasteiger partial charge in [0.25, 0.3) is 0 Å². The number of ketones is 1. The van der Waals surface area contributed by atoms with Crippen molar-refractivity contribution in [2.75, 3.05) is 0 Å². The fourth-order valence-electron chi connectivity index (χ4n) is 1.41. The van der Waals surface area contributed by atoms with Crippen LogP contribution in [0.25, 0.3) is 0 Å². The third kappa shape index (κ3) is 3.30. The Bertz CT molecular complexity index is 368. The zero-order valence-electron chi connectivity index (χ0n) is 9.09. The molecule has 1 aromatic rings. The molecule has 0 saturated heterocycles. The van der Waals surface area contributed by atoms with Crippen LogP contribution >= 0.6 is 15.9 Å². The lowest BCUT2D eigenvalue weighted by molar-refractivity contribution is 0.0979. The molecule has 88 valence electrons. The summed E-state index contributed by atoms with van der Waals surface area (Å²) in [6.45, 7) is 2.06. The number of carbonyl (C=O) groups is 1. The molecule has 0 aromatic heterocycles. The second-order valence-corrected chi connectivity index (χ2v) is 4.52. The smallest absolute Gasteiger partial charge is 0.166 e. The topological polar surface area (TPSA) is 37.3 Å². The molecule has 2 nitrogen and oxygen atoms in total. The van der Waals surface area contributed by atoms with E-state index in [9.17, 15) is 14.3 Å². The molecule has 0 saturated carbocycles. The summed E-state index contributed by atoms with van der Waals surface area (Å²) in [6.07, 6.45) is 3.27. The normalized spacial score (nSPS) is 10.4. The summed E-state index contributed by atoms with van der Waals surface area (Å²) in [5, 5.41) is 9.19. The van der Waals surface area contributed by atoms with E-state index in [0.717, 1.165) is 25.3 Å². The third-order valence-corrected chi connectivity index (χ3v) is 2.95. The minimum Gasteiger partial charge on any atom is -0.504 e. The number of carbonyl (C=O) groups excluding carboxylic acids is 1. The molecule has 1 aromatic carbocycles. The number of hydrogen-bond acceptors (Lipinski definition) is 2. The van der Waals surface area contributed by atoms with Crippen LogP contribution in [-0.2, 0) is 0 Å². The quantitative estimate of drug-likeness (QED) is 0.655. The number of hydrogen-bond donors (Lipinski definition) is 1. The van der Waals surface area contributed by atoms with E-state index in [1.54, 1.807) is 0 Å². The molecule has 0 fully saturated rings. The SMILES string of the molecule is CCCCCC(=O)c1cc(F)c(O)c(Br)c1. The largest absolute Gasteiger partial charge is 0.504 e. The number of rotatable bonds is 5. The Labute approximate surface area is 103 Å². The highest BCUT2D eigenvalue weighted by molar-refractivity contribution is 9.10. The number of phenols is 1. The summed E-state index contributed by atoms with van der Waals surface area (Å²) in [6, 6.07) is 2.53. The van der Waals surface area contributed by atoms with Crippen LogP contribution in [0.3, 0.4) is 0 Å². The molecule has 1 N–H and O–H groups in total. The minimum atomic E-state index is -0.770. The first-order valence-electron chi connectivity index (χ1n) is 5.27. The summed E-state index contributed by atoms with van der Waals surface area (Å²) < 4.78 is 13.4. The zero-order chi connectivity index (χ0) is 12.1. The standard InChI is InChI=1S/C12H14BrFO2/c1-2-3-4-5-11(15)8-6-9(13)12(16)10(14)7-8/h6-7,16H,2-5H2,1H3. The van der Waals surface area contributed by atoms with Gasteiger partial charge in [0, 0.05) is 12.0 Å². The Kier molecular flexibility index (Phi) is 4.93. The highest BCUT2D eigenvalue weighted by atomic mass is 79.9. The Balaban J connectivity index is 2.76. The van der Waals surface area contributed by atoms with Gasteiger partial charge in [-0.25, -0.2) is 4.39 Å². The van der Waals surface area contributed by atoms with Crippen LogP contribution in [0, 0.1) is 5.82 Å². The van der Waals surface area contributed by atoms with Crippen molar-refractivity contribution in [1.29, 1.82) is 0 Å². The summed E-state index contributed by atoms with van der Waals surface area (Å²) in [5.74, 6) is -1.31. The molecule has 0 heterocycles. The molecular weight excluding hydrogens is 275 g/mol. The van der Waals surface area contributed by atoms with Gasteiger partial charge < -0.3 is 5.11 Å². The summed E-state index contributed by atoms with van der Waals surface area (Å²) in [4.78, 5) is 11.7. The number of Topliss-reactive ketones (excluding diaryl/α,β-unsaturated/α-hetero) is 1. The van der Waals surface area contributed by atoms with Crippen LogP contribution in [0.1, 0.15) is 43.0 Å². The van der Waals surface area contributed by atoms with Gasteiger partial charge in [0.1, 0.15) is 0 Å². The molecule has 0 radical (unpaired) electrons. The van der Waals surface area contributed by atoms with E-state index < -0.39 is 11.6 Å². The van der Waals surface area contributed by atoms with Crippen molar-refractivity contribution in [3.05, 3.63) is 28.0 Å². The zero-order valence-corrected chi connectivity index (χ0v) is 10.7. The first kappa shape index (κ1) is 13.2. The molecule has 0 spiro atoms. The summed E-state index contributed by atoms with van der Waals surface area (Å²) in [5.41, 5.74) is 0.304. The van der Waals surface area contributed by atoms with Crippen LogP contribution in [0.4, 0.5) is 4.39 Å². The predicted molar refractivity (Wildman–Crippen MR) is 64.2 cm³/mol. The van der Waals surface area contributed by atoms with Gasteiger partial charge in [-0.3, -0.25) is 4.79 Å². The molecule has 0 atom stereocenters. The van der Waals surface area contributed by atoms with Gasteiger partial charge in [-0.15, -0.1) is 0 Å². The molecule has 0 bridgehead atoms. The fraction of sp³-hybridized carbons (Fsp3) is 0.417. The molecule has 0 aliphatic rings. The monoisotopic (exact) mass is 288 g/mol. The molecule has 0 amide bonds. The molecule has 1 rings (SSSR count). The van der Waals surface area contributed by atoms with Crippen LogP contribution in [0.15, 0.2) is 16.6 Å². The van der Waals surface area contributed by atoms with Crippen molar-refractivity contribution < 1.29 is 14.3 Å². The molecule has 16 heavy (non-hydrogen) atoms. The van der Waals surface area contributed by atoms with E-state index in [2.05, 4.69) is 22.9 Å². The Hall–Kier alpha value is -0.900. The Morgan fingerprint density at radius 3 is 2.69 bits per heavy atom. The first-order chi connectivity index (χ1) is 7.56. The Morgan fingerprint density at radius 2 is 2.12 bits per heavy atom. The molecular formula is C12H14BrFO2. The van der Waals surface area contributed by atoms with Crippen molar-refractivity contribution in [2.45, 2.75) is 32.6 Å². The van der Waals surface area contributed by atoms with Gasteiger partial charge >= 0.3 is 0 Å². The predicted octanol–water partition coefficient (Wildman–Crippen LogP) is 4.06. The summed E-state index contributed by atoms with van der Waals surface area (Å²) >= 11 is 3.00. The average Bonchev–Trinajstić information content (AvgIpc) is 2.25. The van der Waals surface area contributed by atoms with Gasteiger partial charge in [0.2, 0.25) is 0 Å². The number of halogens is 2. The molecule has 0 aliphatic carbocycles. The second-order valence-electron chi connectivity index (χ2n) is 3.67. The van der Waals surface area contributed by atoms with E-state index in [4.69, 9.17) is 0 Å². The van der Waals surface area contributed by atoms with Gasteiger partial charge in [-0.1, -0.05) is 19.8 Å². The number of unbranched alkanes of at least 4 members (excludes halogenated alkanes) is 2. The first-order valence-corrected chi connectivity index (χ1v) is 6.06. The summed E-state index contributed by atoms with van der Waals surface area (Å²) in [7, 11) is 0. The van der Waals surface area contributed by atoms with Crippen LogP contribution in [0.5, 0.6) is 5.75 Å². The van der Waals surface area contributed by atoms with Crippen LogP contribution < -0.4 is 0 Å². The van der Waals surface area contributed by atoms with Gasteiger partial charge in [0.05, 0.1) is 4.47 Å². The maximum atomic E-state index is 13.2. The average molecular weight is 289 g/mol. The lowest BCUT2D eigenvalue weighted by Gasteiger charge is -2.04. The van der Waals surface area contributed by atoms with Crippen molar-refractivity contribution in [2.24, 2.45) is 0 Å². The maximum absolute atomic E-state index is 13.2. The van der Waals surface area contributed by atoms with Crippen molar-refractivity contribution in [3.63, 3.8) is 0 Å². The van der Waals surface area contributed by atoms with Crippen molar-refractivity contribution in [1.82, 2.24) is 0 Å². The second kappa shape index (κ2) is 5.99. The minimum absolute atomic E-state index is 0.0898. The van der Waals surface area contributed by atoms with E-state index in [1.165, 1.54) is 6.07 Å². The van der Waals surface area contributed by atoms with Gasteiger partial charge in [0.15, 0.2) is 17.3 Å². The van der Waals surface area contributed by atoms with Crippen LogP contribution in [-0.4, -0.2) is 10.9 Å². The van der Waals surface area contributed by atoms with Crippen molar-refractivity contribution in [3.8, 4) is 5.75 Å². The van der Waals surface area contributed by atoms with E-state index in [-0.39, 0.29) is 10.3 Å². The number of benzene rings is 1. The third-order valence-electron chi connectivity index (χ3n) is 2.35.